The maximum atomic E-state index is 2.44. The van der Waals surface area contributed by atoms with Crippen LogP contribution in [0.3, 0.4) is 0 Å². The molecule has 342 valence electrons. The summed E-state index contributed by atoms with van der Waals surface area (Å²) in [4.78, 5) is 2.34. The predicted octanol–water partition coefficient (Wildman–Crippen LogP) is 19.2. The van der Waals surface area contributed by atoms with Crippen molar-refractivity contribution in [2.75, 3.05) is 4.90 Å². The van der Waals surface area contributed by atoms with Crippen LogP contribution in [0.15, 0.2) is 285 Å². The van der Waals surface area contributed by atoms with Crippen LogP contribution in [0.4, 0.5) is 17.1 Å². The zero-order chi connectivity index (χ0) is 48.2. The molecule has 12 aromatic carbocycles. The summed E-state index contributed by atoms with van der Waals surface area (Å²) in [5.74, 6) is 0. The van der Waals surface area contributed by atoms with Gasteiger partial charge in [0.15, 0.2) is 0 Å². The number of hydrogen-bond donors (Lipinski definition) is 0. The lowest BCUT2D eigenvalue weighted by Gasteiger charge is -2.26. The van der Waals surface area contributed by atoms with E-state index < -0.39 is 0 Å². The highest BCUT2D eigenvalue weighted by molar-refractivity contribution is 6.19. The molecule has 0 fully saturated rings. The van der Waals surface area contributed by atoms with Crippen LogP contribution in [-0.2, 0) is 0 Å². The molecule has 73 heavy (non-hydrogen) atoms. The monoisotopic (exact) mass is 929 g/mol. The van der Waals surface area contributed by atoms with Gasteiger partial charge in [0.25, 0.3) is 0 Å². The van der Waals surface area contributed by atoms with E-state index in [9.17, 15) is 0 Å². The maximum Gasteiger partial charge on any atom is 0.0619 e. The fourth-order valence-electron chi connectivity index (χ4n) is 11.2. The second-order valence-corrected chi connectivity index (χ2v) is 18.9. The third kappa shape index (κ3) is 7.37. The molecule has 14 rings (SSSR count). The summed E-state index contributed by atoms with van der Waals surface area (Å²) >= 11 is 0. The Morgan fingerprint density at radius 3 is 1.25 bits per heavy atom. The molecule has 0 unspecified atom stereocenters. The van der Waals surface area contributed by atoms with E-state index in [1.165, 1.54) is 76.6 Å². The van der Waals surface area contributed by atoms with Crippen molar-refractivity contribution in [3.63, 3.8) is 0 Å². The molecule has 0 amide bonds. The minimum absolute atomic E-state index is 1.09. The molecule has 0 spiro atoms. The molecular formula is C70H47N3. The number of benzene rings is 12. The number of anilines is 3. The van der Waals surface area contributed by atoms with E-state index in [2.05, 4.69) is 299 Å². The molecule has 2 heterocycles. The Morgan fingerprint density at radius 1 is 0.219 bits per heavy atom. The average Bonchev–Trinajstić information content (AvgIpc) is 4.01. The minimum atomic E-state index is 1.09. The molecule has 0 aliphatic rings. The van der Waals surface area contributed by atoms with Crippen LogP contribution in [0.5, 0.6) is 0 Å². The summed E-state index contributed by atoms with van der Waals surface area (Å²) in [6, 6.07) is 104. The van der Waals surface area contributed by atoms with Crippen molar-refractivity contribution in [1.82, 2.24) is 9.13 Å². The van der Waals surface area contributed by atoms with Gasteiger partial charge in [-0.25, -0.2) is 0 Å². The third-order valence-electron chi connectivity index (χ3n) is 14.7. The summed E-state index contributed by atoms with van der Waals surface area (Å²) in [5, 5.41) is 7.41. The maximum absolute atomic E-state index is 2.44. The Hall–Kier alpha value is -9.70. The van der Waals surface area contributed by atoms with Gasteiger partial charge in [-0.05, 0) is 159 Å². The van der Waals surface area contributed by atoms with E-state index in [4.69, 9.17) is 0 Å². The van der Waals surface area contributed by atoms with Gasteiger partial charge in [0.2, 0.25) is 0 Å². The van der Waals surface area contributed by atoms with Gasteiger partial charge in [-0.1, -0.05) is 176 Å². The number of aromatic nitrogens is 2. The lowest BCUT2D eigenvalue weighted by atomic mass is 9.92. The number of nitrogens with zero attached hydrogens (tertiary/aromatic N) is 3. The fourth-order valence-corrected chi connectivity index (χ4v) is 11.2. The van der Waals surface area contributed by atoms with E-state index in [0.29, 0.717) is 0 Å². The highest BCUT2D eigenvalue weighted by atomic mass is 15.1. The molecule has 0 aliphatic carbocycles. The van der Waals surface area contributed by atoms with Gasteiger partial charge in [0.05, 0.1) is 22.1 Å². The molecule has 3 nitrogen and oxygen atoms in total. The average molecular weight is 930 g/mol. The quantitative estimate of drug-likeness (QED) is 0.141. The Balaban J connectivity index is 0.936. The summed E-state index contributed by atoms with van der Waals surface area (Å²) in [5.41, 5.74) is 19.8. The zero-order valence-electron chi connectivity index (χ0n) is 40.0. The van der Waals surface area contributed by atoms with E-state index in [1.807, 2.05) is 0 Å². The first-order valence-corrected chi connectivity index (χ1v) is 25.1. The second-order valence-electron chi connectivity index (χ2n) is 18.9. The van der Waals surface area contributed by atoms with Crippen molar-refractivity contribution in [2.45, 2.75) is 0 Å². The van der Waals surface area contributed by atoms with Crippen LogP contribution in [-0.4, -0.2) is 9.13 Å². The first-order valence-electron chi connectivity index (χ1n) is 25.1. The van der Waals surface area contributed by atoms with Gasteiger partial charge in [0.1, 0.15) is 0 Å². The minimum Gasteiger partial charge on any atom is -0.311 e. The van der Waals surface area contributed by atoms with Crippen molar-refractivity contribution in [3.8, 4) is 55.9 Å². The normalized spacial score (nSPS) is 11.6. The van der Waals surface area contributed by atoms with Crippen molar-refractivity contribution in [1.29, 1.82) is 0 Å². The standard InChI is InChI=1S/C70H47N3/c1-5-17-48(18-6-1)49-29-36-60(37-30-49)71(57-20-7-2-8-21-57)61-38-31-50(32-39-61)54-43-55(52-34-41-68-65(46-52)63-27-15-16-28-67(63)72(68)58-22-9-3-10-23-58)45-56(44-54)53-35-42-69-66(47-53)64-40-33-51-19-13-14-26-62(51)70(64)73(69)59-24-11-4-12-25-59/h1-47H. The molecule has 0 N–H and O–H groups in total. The van der Waals surface area contributed by atoms with Crippen molar-refractivity contribution < 1.29 is 0 Å². The summed E-state index contributed by atoms with van der Waals surface area (Å²) in [6.07, 6.45) is 0. The van der Waals surface area contributed by atoms with Gasteiger partial charge in [-0.3, -0.25) is 0 Å². The number of rotatable bonds is 9. The molecule has 0 atom stereocenters. The Kier molecular flexibility index (Phi) is 10.2. The van der Waals surface area contributed by atoms with Crippen molar-refractivity contribution >= 4 is 71.4 Å². The Bertz CT molecular complexity index is 4330. The summed E-state index contributed by atoms with van der Waals surface area (Å²) in [6.45, 7) is 0. The lowest BCUT2D eigenvalue weighted by molar-refractivity contribution is 1.18. The van der Waals surface area contributed by atoms with Gasteiger partial charge in [-0.2, -0.15) is 0 Å². The molecule has 0 radical (unpaired) electrons. The topological polar surface area (TPSA) is 13.1 Å². The third-order valence-corrected chi connectivity index (χ3v) is 14.7. The molecule has 0 bridgehead atoms. The lowest BCUT2D eigenvalue weighted by Crippen LogP contribution is -2.09. The van der Waals surface area contributed by atoms with Gasteiger partial charge < -0.3 is 14.0 Å². The number of hydrogen-bond acceptors (Lipinski definition) is 1. The van der Waals surface area contributed by atoms with Crippen LogP contribution >= 0.6 is 0 Å². The molecule has 0 saturated heterocycles. The van der Waals surface area contributed by atoms with E-state index in [1.54, 1.807) is 0 Å². The predicted molar refractivity (Wildman–Crippen MR) is 309 cm³/mol. The largest absolute Gasteiger partial charge is 0.311 e. The number of para-hydroxylation sites is 4. The first kappa shape index (κ1) is 42.2. The van der Waals surface area contributed by atoms with E-state index >= 15 is 0 Å². The smallest absolute Gasteiger partial charge is 0.0619 e. The van der Waals surface area contributed by atoms with E-state index in [-0.39, 0.29) is 0 Å². The molecule has 14 aromatic rings. The van der Waals surface area contributed by atoms with Gasteiger partial charge >= 0.3 is 0 Å². The summed E-state index contributed by atoms with van der Waals surface area (Å²) in [7, 11) is 0. The molecule has 3 heteroatoms. The van der Waals surface area contributed by atoms with Crippen LogP contribution in [0, 0.1) is 0 Å². The van der Waals surface area contributed by atoms with Crippen molar-refractivity contribution in [2.24, 2.45) is 0 Å². The highest BCUT2D eigenvalue weighted by Gasteiger charge is 2.19. The molecular weight excluding hydrogens is 883 g/mol. The second kappa shape index (κ2) is 17.6. The van der Waals surface area contributed by atoms with Crippen molar-refractivity contribution in [3.05, 3.63) is 285 Å². The molecule has 0 aliphatic heterocycles. The Morgan fingerprint density at radius 2 is 0.630 bits per heavy atom. The fraction of sp³-hybridized carbons (Fsp3) is 0. The molecule has 2 aromatic heterocycles. The van der Waals surface area contributed by atoms with Gasteiger partial charge in [0, 0.05) is 55.4 Å². The SMILES string of the molecule is c1ccc(-c2ccc(N(c3ccccc3)c3ccc(-c4cc(-c5ccc6c(c5)c5ccccc5n6-c5ccccc5)cc(-c5ccc6c(c5)c5ccc7ccccc7c5n6-c5ccccc5)c4)cc3)cc2)cc1. The molecule has 0 saturated carbocycles. The van der Waals surface area contributed by atoms with Crippen LogP contribution < -0.4 is 4.90 Å². The van der Waals surface area contributed by atoms with Crippen LogP contribution in [0.2, 0.25) is 0 Å². The zero-order valence-corrected chi connectivity index (χ0v) is 40.0. The van der Waals surface area contributed by atoms with Crippen LogP contribution in [0.25, 0.3) is 110 Å². The summed E-state index contributed by atoms with van der Waals surface area (Å²) < 4.78 is 4.83. The number of fused-ring (bicyclic) bond motifs is 8. The van der Waals surface area contributed by atoms with Gasteiger partial charge in [-0.15, -0.1) is 0 Å². The van der Waals surface area contributed by atoms with Crippen LogP contribution in [0.1, 0.15) is 0 Å². The first-order chi connectivity index (χ1) is 36.2. The highest BCUT2D eigenvalue weighted by Crippen LogP contribution is 2.43. The Labute approximate surface area is 424 Å². The van der Waals surface area contributed by atoms with E-state index in [0.717, 1.165) is 50.7 Å².